The molecule has 0 aromatic heterocycles. The Balaban J connectivity index is 1.72. The van der Waals surface area contributed by atoms with Crippen LogP contribution < -0.4 is 0 Å². The van der Waals surface area contributed by atoms with E-state index in [1.165, 1.54) is 23.4 Å². The van der Waals surface area contributed by atoms with Crippen LogP contribution in [-0.2, 0) is 10.2 Å². The topological polar surface area (TPSA) is 24.8 Å². The van der Waals surface area contributed by atoms with Crippen LogP contribution >= 0.6 is 0 Å². The van der Waals surface area contributed by atoms with Crippen molar-refractivity contribution in [3.63, 3.8) is 0 Å². The molecule has 3 heteroatoms. The fourth-order valence-corrected chi connectivity index (χ4v) is 6.95. The Labute approximate surface area is 137 Å². The summed E-state index contributed by atoms with van der Waals surface area (Å²) in [4.78, 5) is 7.70. The number of rotatable bonds is 1. The fourth-order valence-electron chi connectivity index (χ4n) is 6.95. The lowest BCUT2D eigenvalue weighted by atomic mass is 9.38. The van der Waals surface area contributed by atoms with Gasteiger partial charge in [0.1, 0.15) is 0 Å². The molecule has 2 saturated carbocycles. The molecule has 5 bridgehead atoms. The number of aliphatic imine (C=N–C) groups is 1. The average molecular weight is 306 g/mol. The quantitative estimate of drug-likeness (QED) is 0.745. The van der Waals surface area contributed by atoms with Crippen molar-refractivity contribution in [2.75, 3.05) is 20.2 Å². The average Bonchev–Trinajstić information content (AvgIpc) is 2.90. The Hall–Kier alpha value is -1.45. The van der Waals surface area contributed by atoms with Crippen molar-refractivity contribution in [1.82, 2.24) is 4.90 Å². The van der Waals surface area contributed by atoms with E-state index in [2.05, 4.69) is 48.9 Å². The van der Waals surface area contributed by atoms with E-state index in [9.17, 15) is 0 Å². The predicted molar refractivity (Wildman–Crippen MR) is 90.2 cm³/mol. The standard InChI is InChI=1S/C20H22N2O/c1-3-19-11-22(2)16-9-20(19)13-6-4-5-7-15(13)21-18(20)17-8-14(19)12(16)10-23-17/h3-7,12,14,16-17H,1,8-11H2,2H3/t12?,14-,16?,17-,19+,20+/m1/s1. The van der Waals surface area contributed by atoms with E-state index in [0.717, 1.165) is 19.6 Å². The zero-order valence-corrected chi connectivity index (χ0v) is 13.5. The van der Waals surface area contributed by atoms with Crippen LogP contribution in [0.25, 0.3) is 0 Å². The van der Waals surface area contributed by atoms with Crippen molar-refractivity contribution in [3.8, 4) is 0 Å². The highest BCUT2D eigenvalue weighted by Gasteiger charge is 2.74. The molecule has 1 aromatic carbocycles. The Morgan fingerprint density at radius 2 is 2.26 bits per heavy atom. The number of para-hydroxylation sites is 1. The molecule has 6 aliphatic rings. The van der Waals surface area contributed by atoms with Crippen molar-refractivity contribution in [2.24, 2.45) is 22.2 Å². The molecule has 7 rings (SSSR count). The molecule has 0 N–H and O–H groups in total. The highest BCUT2D eigenvalue weighted by molar-refractivity contribution is 6.07. The third kappa shape index (κ3) is 1.15. The van der Waals surface area contributed by atoms with Crippen LogP contribution in [0.5, 0.6) is 0 Å². The zero-order valence-electron chi connectivity index (χ0n) is 13.5. The second kappa shape index (κ2) is 3.79. The molecule has 23 heavy (non-hydrogen) atoms. The Morgan fingerprint density at radius 1 is 1.39 bits per heavy atom. The maximum atomic E-state index is 6.32. The first-order valence-electron chi connectivity index (χ1n) is 8.85. The lowest BCUT2D eigenvalue weighted by Gasteiger charge is -2.72. The van der Waals surface area contributed by atoms with E-state index in [1.807, 2.05) is 0 Å². The molecule has 6 atom stereocenters. The summed E-state index contributed by atoms with van der Waals surface area (Å²) < 4.78 is 6.32. The van der Waals surface area contributed by atoms with Gasteiger partial charge in [0.15, 0.2) is 0 Å². The number of nitrogens with zero attached hydrogens (tertiary/aromatic N) is 2. The summed E-state index contributed by atoms with van der Waals surface area (Å²) in [6.45, 7) is 6.37. The third-order valence-electron chi connectivity index (χ3n) is 7.73. The maximum absolute atomic E-state index is 6.32. The molecule has 0 radical (unpaired) electrons. The highest BCUT2D eigenvalue weighted by atomic mass is 16.5. The van der Waals surface area contributed by atoms with Crippen LogP contribution in [-0.4, -0.2) is 43.0 Å². The predicted octanol–water partition coefficient (Wildman–Crippen LogP) is 2.94. The van der Waals surface area contributed by atoms with Crippen molar-refractivity contribution in [3.05, 3.63) is 42.5 Å². The smallest absolute Gasteiger partial charge is 0.0968 e. The number of benzene rings is 1. The lowest BCUT2D eigenvalue weighted by Crippen LogP contribution is -2.78. The molecule has 0 amide bonds. The van der Waals surface area contributed by atoms with Gasteiger partial charge in [0.2, 0.25) is 0 Å². The van der Waals surface area contributed by atoms with E-state index < -0.39 is 0 Å². The largest absolute Gasteiger partial charge is 0.372 e. The SMILES string of the molecule is C=C[C@@]12CN(C)C3C[C@]14C(=Nc1ccccc14)[C@H]1C[C@@H]2C3CO1. The van der Waals surface area contributed by atoms with Crippen LogP contribution in [0.1, 0.15) is 18.4 Å². The van der Waals surface area contributed by atoms with Gasteiger partial charge in [-0.3, -0.25) is 4.99 Å². The number of ether oxygens (including phenoxy) is 1. The summed E-state index contributed by atoms with van der Waals surface area (Å²) in [6.07, 6.45) is 4.85. The van der Waals surface area contributed by atoms with Gasteiger partial charge in [0, 0.05) is 23.9 Å². The number of fused-ring (bicyclic) bond motifs is 4. The minimum atomic E-state index is 0.0347. The zero-order chi connectivity index (χ0) is 15.4. The number of hydrogen-bond donors (Lipinski definition) is 0. The maximum Gasteiger partial charge on any atom is 0.0968 e. The monoisotopic (exact) mass is 306 g/mol. The molecule has 4 aliphatic heterocycles. The van der Waals surface area contributed by atoms with E-state index in [4.69, 9.17) is 9.73 Å². The van der Waals surface area contributed by atoms with Crippen LogP contribution in [0.2, 0.25) is 0 Å². The Kier molecular flexibility index (Phi) is 2.12. The van der Waals surface area contributed by atoms with Crippen LogP contribution in [0.15, 0.2) is 41.9 Å². The first-order valence-corrected chi connectivity index (χ1v) is 8.85. The second-order valence-electron chi connectivity index (χ2n) is 8.18. The second-order valence-corrected chi connectivity index (χ2v) is 8.18. The molecular formula is C20H22N2O. The minimum Gasteiger partial charge on any atom is -0.372 e. The normalized spacial score (nSPS) is 48.8. The molecule has 2 aliphatic carbocycles. The third-order valence-corrected chi connectivity index (χ3v) is 7.73. The molecular weight excluding hydrogens is 284 g/mol. The summed E-state index contributed by atoms with van der Waals surface area (Å²) in [5, 5.41) is 0. The van der Waals surface area contributed by atoms with E-state index in [-0.39, 0.29) is 16.9 Å². The van der Waals surface area contributed by atoms with Crippen LogP contribution in [0, 0.1) is 17.3 Å². The molecule has 3 saturated heterocycles. The van der Waals surface area contributed by atoms with E-state index >= 15 is 0 Å². The Bertz CT molecular complexity index is 771. The van der Waals surface area contributed by atoms with Crippen LogP contribution in [0.4, 0.5) is 5.69 Å². The first kappa shape index (κ1) is 12.9. The van der Waals surface area contributed by atoms with Gasteiger partial charge < -0.3 is 9.64 Å². The van der Waals surface area contributed by atoms with Gasteiger partial charge in [-0.1, -0.05) is 24.3 Å². The fraction of sp³-hybridized carbons (Fsp3) is 0.550. The molecule has 1 spiro atoms. The van der Waals surface area contributed by atoms with E-state index in [1.54, 1.807) is 0 Å². The van der Waals surface area contributed by atoms with Gasteiger partial charge in [0.05, 0.1) is 29.5 Å². The van der Waals surface area contributed by atoms with Crippen molar-refractivity contribution < 1.29 is 4.74 Å². The molecule has 5 fully saturated rings. The minimum absolute atomic E-state index is 0.0347. The van der Waals surface area contributed by atoms with Crippen molar-refractivity contribution in [2.45, 2.75) is 30.4 Å². The van der Waals surface area contributed by atoms with Gasteiger partial charge in [-0.15, -0.1) is 6.58 Å². The lowest BCUT2D eigenvalue weighted by molar-refractivity contribution is -0.190. The summed E-state index contributed by atoms with van der Waals surface area (Å²) >= 11 is 0. The molecule has 1 aromatic rings. The summed E-state index contributed by atoms with van der Waals surface area (Å²) in [5.74, 6) is 1.35. The molecule has 4 heterocycles. The number of hydrogen-bond acceptors (Lipinski definition) is 3. The van der Waals surface area contributed by atoms with Gasteiger partial charge >= 0.3 is 0 Å². The van der Waals surface area contributed by atoms with Crippen molar-refractivity contribution in [1.29, 1.82) is 0 Å². The van der Waals surface area contributed by atoms with Gasteiger partial charge in [-0.05, 0) is 37.4 Å². The molecule has 2 unspecified atom stereocenters. The molecule has 118 valence electrons. The molecule has 3 nitrogen and oxygen atoms in total. The Morgan fingerprint density at radius 3 is 3.13 bits per heavy atom. The first-order chi connectivity index (χ1) is 11.2. The van der Waals surface area contributed by atoms with Crippen molar-refractivity contribution >= 4 is 11.4 Å². The number of piperidine rings is 2. The highest BCUT2D eigenvalue weighted by Crippen LogP contribution is 2.70. The van der Waals surface area contributed by atoms with Gasteiger partial charge in [0.25, 0.3) is 0 Å². The van der Waals surface area contributed by atoms with Gasteiger partial charge in [-0.25, -0.2) is 0 Å². The van der Waals surface area contributed by atoms with Crippen LogP contribution in [0.3, 0.4) is 0 Å². The van der Waals surface area contributed by atoms with E-state index in [0.29, 0.717) is 17.9 Å². The summed E-state index contributed by atoms with van der Waals surface area (Å²) in [6, 6.07) is 9.39. The summed E-state index contributed by atoms with van der Waals surface area (Å²) in [7, 11) is 2.29. The summed E-state index contributed by atoms with van der Waals surface area (Å²) in [5.41, 5.74) is 4.07. The van der Waals surface area contributed by atoms with Gasteiger partial charge in [-0.2, -0.15) is 0 Å².